The molecule has 29 heavy (non-hydrogen) atoms. The molecule has 4 rings (SSSR count). The van der Waals surface area contributed by atoms with Gasteiger partial charge in [-0.3, -0.25) is 9.59 Å². The third-order valence-corrected chi connectivity index (χ3v) is 5.46. The van der Waals surface area contributed by atoms with Crippen molar-refractivity contribution in [2.75, 3.05) is 26.2 Å². The smallest absolute Gasteiger partial charge is 0.254 e. The summed E-state index contributed by atoms with van der Waals surface area (Å²) in [6.07, 6.45) is 1.50. The first-order valence-electron chi connectivity index (χ1n) is 9.76. The van der Waals surface area contributed by atoms with Gasteiger partial charge < -0.3 is 15.1 Å². The molecule has 0 radical (unpaired) electrons. The van der Waals surface area contributed by atoms with Gasteiger partial charge in [-0.15, -0.1) is 12.4 Å². The van der Waals surface area contributed by atoms with Gasteiger partial charge in [-0.1, -0.05) is 24.3 Å². The van der Waals surface area contributed by atoms with Crippen LogP contribution in [-0.4, -0.2) is 47.8 Å². The fourth-order valence-electron chi connectivity index (χ4n) is 4.02. The van der Waals surface area contributed by atoms with Gasteiger partial charge in [-0.2, -0.15) is 0 Å². The summed E-state index contributed by atoms with van der Waals surface area (Å²) in [5.74, 6) is -0.192. The summed E-state index contributed by atoms with van der Waals surface area (Å²) in [6.45, 7) is 3.18. The number of carbonyl (C=O) groups excluding carboxylic acids is 2. The Hall–Kier alpha value is -2.44. The van der Waals surface area contributed by atoms with Crippen molar-refractivity contribution >= 4 is 24.2 Å². The van der Waals surface area contributed by atoms with Crippen molar-refractivity contribution in [1.82, 2.24) is 15.1 Å². The summed E-state index contributed by atoms with van der Waals surface area (Å²) in [7, 11) is 0. The number of rotatable bonds is 4. The van der Waals surface area contributed by atoms with E-state index in [0.29, 0.717) is 38.2 Å². The number of amides is 2. The average Bonchev–Trinajstić information content (AvgIpc) is 3.12. The Labute approximate surface area is 176 Å². The number of piperazine rings is 1. The predicted molar refractivity (Wildman–Crippen MR) is 111 cm³/mol. The third-order valence-electron chi connectivity index (χ3n) is 5.46. The minimum Gasteiger partial charge on any atom is -0.338 e. The molecule has 2 amide bonds. The third kappa shape index (κ3) is 4.77. The summed E-state index contributed by atoms with van der Waals surface area (Å²) in [4.78, 5) is 28.8. The lowest BCUT2D eigenvalue weighted by atomic mass is 10.0. The van der Waals surface area contributed by atoms with Gasteiger partial charge in [0.05, 0.1) is 6.04 Å². The van der Waals surface area contributed by atoms with Crippen molar-refractivity contribution in [2.24, 2.45) is 0 Å². The van der Waals surface area contributed by atoms with E-state index in [2.05, 4.69) is 5.32 Å². The minimum absolute atomic E-state index is 0. The van der Waals surface area contributed by atoms with E-state index in [-0.39, 0.29) is 36.1 Å². The Morgan fingerprint density at radius 1 is 1.14 bits per heavy atom. The first-order valence-corrected chi connectivity index (χ1v) is 9.76. The first kappa shape index (κ1) is 21.3. The molecular weight excluding hydrogens is 393 g/mol. The van der Waals surface area contributed by atoms with Crippen LogP contribution in [0.4, 0.5) is 4.39 Å². The van der Waals surface area contributed by atoms with Crippen LogP contribution in [0.5, 0.6) is 0 Å². The molecule has 1 N–H and O–H groups in total. The second-order valence-corrected chi connectivity index (χ2v) is 7.39. The first-order chi connectivity index (χ1) is 13.6. The molecule has 0 spiro atoms. The number of halogens is 2. The standard InChI is InChI=1S/C22H24FN3O2.ClH/c23-19-7-2-5-17(13-19)20-14-24-9-11-26(20)22(28)18-6-1-4-16(12-18)15-25-10-3-8-21(25)27;/h1-2,4-7,12-13,20,24H,3,8-11,14-15H2;1H. The Kier molecular flexibility index (Phi) is 6.87. The SMILES string of the molecule is Cl.O=C1CCCN1Cc1cccc(C(=O)N2CCNCC2c2cccc(F)c2)c1. The van der Waals surface area contributed by atoms with Crippen molar-refractivity contribution in [3.63, 3.8) is 0 Å². The second kappa shape index (κ2) is 9.37. The van der Waals surface area contributed by atoms with Crippen molar-refractivity contribution < 1.29 is 14.0 Å². The van der Waals surface area contributed by atoms with E-state index in [4.69, 9.17) is 0 Å². The summed E-state index contributed by atoms with van der Waals surface area (Å²) in [5.41, 5.74) is 2.35. The van der Waals surface area contributed by atoms with Crippen LogP contribution in [0.2, 0.25) is 0 Å². The lowest BCUT2D eigenvalue weighted by molar-refractivity contribution is -0.128. The topological polar surface area (TPSA) is 52.7 Å². The Balaban J connectivity index is 0.00000240. The molecule has 2 saturated heterocycles. The molecule has 0 aromatic heterocycles. The quantitative estimate of drug-likeness (QED) is 0.831. The number of nitrogens with one attached hydrogen (secondary N) is 1. The zero-order valence-electron chi connectivity index (χ0n) is 16.1. The highest BCUT2D eigenvalue weighted by Gasteiger charge is 2.29. The molecule has 1 atom stereocenters. The largest absolute Gasteiger partial charge is 0.338 e. The van der Waals surface area contributed by atoms with Gasteiger partial charge >= 0.3 is 0 Å². The van der Waals surface area contributed by atoms with E-state index in [1.165, 1.54) is 12.1 Å². The zero-order valence-corrected chi connectivity index (χ0v) is 17.0. The number of nitrogens with zero attached hydrogens (tertiary/aromatic N) is 2. The molecule has 0 saturated carbocycles. The molecule has 2 aliphatic heterocycles. The monoisotopic (exact) mass is 417 g/mol. The molecule has 0 bridgehead atoms. The maximum absolute atomic E-state index is 13.7. The van der Waals surface area contributed by atoms with E-state index in [9.17, 15) is 14.0 Å². The van der Waals surface area contributed by atoms with Crippen LogP contribution in [0.3, 0.4) is 0 Å². The number of hydrogen-bond donors (Lipinski definition) is 1. The highest BCUT2D eigenvalue weighted by atomic mass is 35.5. The molecule has 2 fully saturated rings. The van der Waals surface area contributed by atoms with Crippen molar-refractivity contribution in [1.29, 1.82) is 0 Å². The normalized spacial score (nSPS) is 19.2. The average molecular weight is 418 g/mol. The Morgan fingerprint density at radius 2 is 1.97 bits per heavy atom. The fraction of sp³-hybridized carbons (Fsp3) is 0.364. The molecule has 7 heteroatoms. The molecule has 1 unspecified atom stereocenters. The second-order valence-electron chi connectivity index (χ2n) is 7.39. The lowest BCUT2D eigenvalue weighted by Gasteiger charge is -2.36. The molecule has 2 heterocycles. The van der Waals surface area contributed by atoms with Crippen molar-refractivity contribution in [3.05, 3.63) is 71.0 Å². The van der Waals surface area contributed by atoms with Gasteiger partial charge in [-0.25, -0.2) is 4.39 Å². The molecule has 5 nitrogen and oxygen atoms in total. The van der Waals surface area contributed by atoms with Gasteiger partial charge in [0.15, 0.2) is 0 Å². The van der Waals surface area contributed by atoms with Crippen LogP contribution in [0, 0.1) is 5.82 Å². The van der Waals surface area contributed by atoms with Crippen LogP contribution in [0.1, 0.15) is 40.4 Å². The van der Waals surface area contributed by atoms with E-state index in [0.717, 1.165) is 24.1 Å². The van der Waals surface area contributed by atoms with Crippen LogP contribution < -0.4 is 5.32 Å². The zero-order chi connectivity index (χ0) is 19.5. The summed E-state index contributed by atoms with van der Waals surface area (Å²) in [6, 6.07) is 13.7. The summed E-state index contributed by atoms with van der Waals surface area (Å²) in [5, 5.41) is 3.29. The molecule has 2 aromatic carbocycles. The lowest BCUT2D eigenvalue weighted by Crippen LogP contribution is -2.48. The predicted octanol–water partition coefficient (Wildman–Crippen LogP) is 3.16. The Morgan fingerprint density at radius 3 is 2.72 bits per heavy atom. The van der Waals surface area contributed by atoms with Gasteiger partial charge in [0.25, 0.3) is 5.91 Å². The number of hydrogen-bond acceptors (Lipinski definition) is 3. The fourth-order valence-corrected chi connectivity index (χ4v) is 4.02. The van der Waals surface area contributed by atoms with Gasteiger partial charge in [0, 0.05) is 44.7 Å². The number of carbonyl (C=O) groups is 2. The molecule has 2 aliphatic rings. The van der Waals surface area contributed by atoms with E-state index < -0.39 is 0 Å². The van der Waals surface area contributed by atoms with Crippen LogP contribution in [-0.2, 0) is 11.3 Å². The maximum atomic E-state index is 13.7. The van der Waals surface area contributed by atoms with E-state index in [1.54, 1.807) is 6.07 Å². The maximum Gasteiger partial charge on any atom is 0.254 e. The highest BCUT2D eigenvalue weighted by molar-refractivity contribution is 5.94. The van der Waals surface area contributed by atoms with Crippen LogP contribution >= 0.6 is 12.4 Å². The van der Waals surface area contributed by atoms with Crippen molar-refractivity contribution in [3.8, 4) is 0 Å². The van der Waals surface area contributed by atoms with Gasteiger partial charge in [0.1, 0.15) is 5.82 Å². The number of benzene rings is 2. The Bertz CT molecular complexity index is 892. The van der Waals surface area contributed by atoms with Gasteiger partial charge in [0.2, 0.25) is 5.91 Å². The molecule has 154 valence electrons. The minimum atomic E-state index is -0.298. The summed E-state index contributed by atoms with van der Waals surface area (Å²) < 4.78 is 13.7. The molecular formula is C22H25ClFN3O2. The van der Waals surface area contributed by atoms with E-state index in [1.807, 2.05) is 40.1 Å². The van der Waals surface area contributed by atoms with Crippen molar-refractivity contribution in [2.45, 2.75) is 25.4 Å². The summed E-state index contributed by atoms with van der Waals surface area (Å²) >= 11 is 0. The molecule has 2 aromatic rings. The molecule has 0 aliphatic carbocycles. The van der Waals surface area contributed by atoms with E-state index >= 15 is 0 Å². The highest BCUT2D eigenvalue weighted by Crippen LogP contribution is 2.25. The number of likely N-dealkylation sites (tertiary alicyclic amines) is 1. The van der Waals surface area contributed by atoms with Gasteiger partial charge in [-0.05, 0) is 41.8 Å². The van der Waals surface area contributed by atoms with Crippen LogP contribution in [0.15, 0.2) is 48.5 Å². The van der Waals surface area contributed by atoms with Crippen LogP contribution in [0.25, 0.3) is 0 Å².